The fourth-order valence-corrected chi connectivity index (χ4v) is 1.46. The topological polar surface area (TPSA) is 36.7 Å². The van der Waals surface area contributed by atoms with E-state index in [4.69, 9.17) is 5.26 Å². The maximum Gasteiger partial charge on any atom is 0.114 e. The standard InChI is InChI=1S/C9H10N2S/c1-3-8-5-4-7(6-10)9(11-8)12-2/h4-5H,3H2,1-2H3. The molecule has 0 unspecified atom stereocenters. The lowest BCUT2D eigenvalue weighted by molar-refractivity contribution is 0.965. The Bertz CT molecular complexity index is 315. The zero-order valence-electron chi connectivity index (χ0n) is 7.16. The van der Waals surface area contributed by atoms with Crippen molar-refractivity contribution in [3.8, 4) is 6.07 Å². The van der Waals surface area contributed by atoms with Crippen molar-refractivity contribution in [1.29, 1.82) is 5.26 Å². The number of hydrogen-bond acceptors (Lipinski definition) is 3. The minimum Gasteiger partial charge on any atom is -0.245 e. The summed E-state index contributed by atoms with van der Waals surface area (Å²) in [6.45, 7) is 2.05. The molecule has 0 aliphatic carbocycles. The average Bonchev–Trinajstić information content (AvgIpc) is 2.16. The molecule has 0 atom stereocenters. The highest BCUT2D eigenvalue weighted by molar-refractivity contribution is 7.98. The molecule has 62 valence electrons. The van der Waals surface area contributed by atoms with Gasteiger partial charge in [-0.1, -0.05) is 6.92 Å². The van der Waals surface area contributed by atoms with Gasteiger partial charge in [0.25, 0.3) is 0 Å². The summed E-state index contributed by atoms with van der Waals surface area (Å²) in [7, 11) is 0. The highest BCUT2D eigenvalue weighted by atomic mass is 32.2. The van der Waals surface area contributed by atoms with E-state index in [0.29, 0.717) is 5.56 Å². The second-order valence-corrected chi connectivity index (χ2v) is 3.12. The molecule has 1 heterocycles. The summed E-state index contributed by atoms with van der Waals surface area (Å²) < 4.78 is 0. The summed E-state index contributed by atoms with van der Waals surface area (Å²) in [5.74, 6) is 0. The quantitative estimate of drug-likeness (QED) is 0.652. The van der Waals surface area contributed by atoms with E-state index in [2.05, 4.69) is 18.0 Å². The summed E-state index contributed by atoms with van der Waals surface area (Å²) in [4.78, 5) is 4.32. The van der Waals surface area contributed by atoms with Crippen LogP contribution in [0.2, 0.25) is 0 Å². The van der Waals surface area contributed by atoms with Crippen LogP contribution in [0.25, 0.3) is 0 Å². The summed E-state index contributed by atoms with van der Waals surface area (Å²) >= 11 is 1.52. The third-order valence-corrected chi connectivity index (χ3v) is 2.29. The van der Waals surface area contributed by atoms with Crippen LogP contribution in [0.1, 0.15) is 18.2 Å². The largest absolute Gasteiger partial charge is 0.245 e. The van der Waals surface area contributed by atoms with Crippen LogP contribution in [0.5, 0.6) is 0 Å². The zero-order chi connectivity index (χ0) is 8.97. The van der Waals surface area contributed by atoms with E-state index in [0.717, 1.165) is 17.1 Å². The Hall–Kier alpha value is -1.01. The number of aromatic nitrogens is 1. The first kappa shape index (κ1) is 9.08. The van der Waals surface area contributed by atoms with Gasteiger partial charge in [-0.2, -0.15) is 5.26 Å². The monoisotopic (exact) mass is 178 g/mol. The molecule has 0 N–H and O–H groups in total. The number of rotatable bonds is 2. The minimum absolute atomic E-state index is 0.666. The van der Waals surface area contributed by atoms with Crippen LogP contribution in [0.3, 0.4) is 0 Å². The molecule has 1 aromatic heterocycles. The van der Waals surface area contributed by atoms with E-state index >= 15 is 0 Å². The first-order valence-corrected chi connectivity index (χ1v) is 4.98. The van der Waals surface area contributed by atoms with Gasteiger partial charge in [0.1, 0.15) is 11.1 Å². The lowest BCUT2D eigenvalue weighted by Gasteiger charge is -2.00. The van der Waals surface area contributed by atoms with Gasteiger partial charge in [0, 0.05) is 5.69 Å². The van der Waals surface area contributed by atoms with Gasteiger partial charge in [-0.25, -0.2) is 4.98 Å². The van der Waals surface area contributed by atoms with Gasteiger partial charge < -0.3 is 0 Å². The van der Waals surface area contributed by atoms with Gasteiger partial charge in [-0.15, -0.1) is 11.8 Å². The lowest BCUT2D eigenvalue weighted by atomic mass is 10.2. The van der Waals surface area contributed by atoms with E-state index in [1.165, 1.54) is 11.8 Å². The van der Waals surface area contributed by atoms with Gasteiger partial charge in [-0.3, -0.25) is 0 Å². The Labute approximate surface area is 76.6 Å². The van der Waals surface area contributed by atoms with Gasteiger partial charge in [0.15, 0.2) is 0 Å². The summed E-state index contributed by atoms with van der Waals surface area (Å²) in [6, 6.07) is 5.85. The molecule has 0 saturated heterocycles. The SMILES string of the molecule is CCc1ccc(C#N)c(SC)n1. The Balaban J connectivity index is 3.13. The summed E-state index contributed by atoms with van der Waals surface area (Å²) in [6.07, 6.45) is 2.85. The maximum atomic E-state index is 8.71. The second kappa shape index (κ2) is 4.13. The number of thioether (sulfide) groups is 1. The second-order valence-electron chi connectivity index (χ2n) is 2.32. The summed E-state index contributed by atoms with van der Waals surface area (Å²) in [5, 5.41) is 9.54. The van der Waals surface area contributed by atoms with Gasteiger partial charge >= 0.3 is 0 Å². The number of aryl methyl sites for hydroxylation is 1. The van der Waals surface area contributed by atoms with Crippen molar-refractivity contribution in [3.63, 3.8) is 0 Å². The molecule has 0 aliphatic heterocycles. The molecule has 0 amide bonds. The molecular weight excluding hydrogens is 168 g/mol. The molecular formula is C9H10N2S. The van der Waals surface area contributed by atoms with Crippen molar-refractivity contribution in [1.82, 2.24) is 4.98 Å². The predicted molar refractivity (Wildman–Crippen MR) is 50.1 cm³/mol. The Morgan fingerprint density at radius 2 is 2.33 bits per heavy atom. The molecule has 1 aromatic rings. The molecule has 0 fully saturated rings. The number of hydrogen-bond donors (Lipinski definition) is 0. The van der Waals surface area contributed by atoms with Crippen LogP contribution >= 0.6 is 11.8 Å². The third-order valence-electron chi connectivity index (χ3n) is 1.59. The van der Waals surface area contributed by atoms with Crippen LogP contribution in [0.4, 0.5) is 0 Å². The normalized spacial score (nSPS) is 9.42. The highest BCUT2D eigenvalue weighted by Crippen LogP contribution is 2.17. The van der Waals surface area contributed by atoms with E-state index in [1.807, 2.05) is 18.4 Å². The molecule has 12 heavy (non-hydrogen) atoms. The van der Waals surface area contributed by atoms with E-state index in [9.17, 15) is 0 Å². The average molecular weight is 178 g/mol. The predicted octanol–water partition coefficient (Wildman–Crippen LogP) is 2.24. The lowest BCUT2D eigenvalue weighted by Crippen LogP contribution is -1.91. The first-order valence-electron chi connectivity index (χ1n) is 3.75. The van der Waals surface area contributed by atoms with Crippen LogP contribution in [-0.4, -0.2) is 11.2 Å². The molecule has 1 rings (SSSR count). The molecule has 0 saturated carbocycles. The number of nitrogens with zero attached hydrogens (tertiary/aromatic N) is 2. The molecule has 0 aromatic carbocycles. The molecule has 0 bridgehead atoms. The van der Waals surface area contributed by atoms with E-state index in [-0.39, 0.29) is 0 Å². The van der Waals surface area contributed by atoms with Crippen molar-refractivity contribution in [2.45, 2.75) is 18.4 Å². The zero-order valence-corrected chi connectivity index (χ0v) is 7.98. The van der Waals surface area contributed by atoms with Crippen molar-refractivity contribution >= 4 is 11.8 Å². The van der Waals surface area contributed by atoms with E-state index in [1.54, 1.807) is 0 Å². The molecule has 0 aliphatic rings. The Kier molecular flexibility index (Phi) is 3.12. The van der Waals surface area contributed by atoms with Crippen LogP contribution < -0.4 is 0 Å². The molecule has 2 nitrogen and oxygen atoms in total. The van der Waals surface area contributed by atoms with Crippen molar-refractivity contribution in [2.75, 3.05) is 6.26 Å². The maximum absolute atomic E-state index is 8.71. The fourth-order valence-electron chi connectivity index (χ4n) is 0.916. The van der Waals surface area contributed by atoms with Crippen LogP contribution in [0.15, 0.2) is 17.2 Å². The molecule has 0 radical (unpaired) electrons. The van der Waals surface area contributed by atoms with Gasteiger partial charge in [-0.05, 0) is 24.8 Å². The Morgan fingerprint density at radius 1 is 1.58 bits per heavy atom. The highest BCUT2D eigenvalue weighted by Gasteiger charge is 2.02. The van der Waals surface area contributed by atoms with Crippen LogP contribution in [0, 0.1) is 11.3 Å². The Morgan fingerprint density at radius 3 is 2.83 bits per heavy atom. The smallest absolute Gasteiger partial charge is 0.114 e. The van der Waals surface area contributed by atoms with Crippen molar-refractivity contribution in [3.05, 3.63) is 23.4 Å². The van der Waals surface area contributed by atoms with Gasteiger partial charge in [0.05, 0.1) is 5.56 Å². The fraction of sp³-hybridized carbons (Fsp3) is 0.333. The van der Waals surface area contributed by atoms with Crippen molar-refractivity contribution in [2.24, 2.45) is 0 Å². The van der Waals surface area contributed by atoms with Crippen LogP contribution in [-0.2, 0) is 6.42 Å². The number of nitriles is 1. The summed E-state index contributed by atoms with van der Waals surface area (Å²) in [5.41, 5.74) is 1.71. The number of pyridine rings is 1. The molecule has 3 heteroatoms. The minimum atomic E-state index is 0.666. The third kappa shape index (κ3) is 1.77. The van der Waals surface area contributed by atoms with Gasteiger partial charge in [0.2, 0.25) is 0 Å². The molecule has 0 spiro atoms. The van der Waals surface area contributed by atoms with Crippen molar-refractivity contribution < 1.29 is 0 Å². The van der Waals surface area contributed by atoms with E-state index < -0.39 is 0 Å². The first-order chi connectivity index (χ1) is 5.81.